The van der Waals surface area contributed by atoms with Crippen LogP contribution in [0.2, 0.25) is 0 Å². The molecule has 0 spiro atoms. The summed E-state index contributed by atoms with van der Waals surface area (Å²) >= 11 is 0. The second kappa shape index (κ2) is 14.0. The first-order valence-corrected chi connectivity index (χ1v) is 15.2. The Hall–Kier alpha value is -7.08. The topological polar surface area (TPSA) is 157 Å². The number of nitro groups is 3. The van der Waals surface area contributed by atoms with E-state index in [9.17, 15) is 30.3 Å². The Morgan fingerprint density at radius 2 is 0.600 bits per heavy atom. The third-order valence-corrected chi connectivity index (χ3v) is 8.12. The summed E-state index contributed by atoms with van der Waals surface area (Å²) < 4.78 is 18.9. The number of nitro benzene ring substituents is 3. The fraction of sp³-hybridized carbons (Fsp3) is 0.0526. The van der Waals surface area contributed by atoms with Gasteiger partial charge in [-0.15, -0.1) is 0 Å². The van der Waals surface area contributed by atoms with E-state index in [-0.39, 0.29) is 51.6 Å². The molecule has 6 rings (SSSR count). The van der Waals surface area contributed by atoms with Crippen LogP contribution in [0.3, 0.4) is 0 Å². The molecule has 50 heavy (non-hydrogen) atoms. The van der Waals surface area contributed by atoms with Gasteiger partial charge in [0, 0.05) is 34.9 Å². The third kappa shape index (κ3) is 6.40. The van der Waals surface area contributed by atoms with Gasteiger partial charge in [0.1, 0.15) is 17.2 Å². The van der Waals surface area contributed by atoms with Crippen molar-refractivity contribution in [3.8, 4) is 34.5 Å². The quantitative estimate of drug-likeness (QED) is 0.0702. The van der Waals surface area contributed by atoms with E-state index < -0.39 is 20.2 Å². The fourth-order valence-corrected chi connectivity index (χ4v) is 5.78. The Morgan fingerprint density at radius 3 is 0.860 bits per heavy atom. The van der Waals surface area contributed by atoms with E-state index >= 15 is 0 Å². The van der Waals surface area contributed by atoms with Crippen molar-refractivity contribution >= 4 is 17.1 Å². The number of hydrogen-bond acceptors (Lipinski definition) is 9. The molecule has 0 atom stereocenters. The summed E-state index contributed by atoms with van der Waals surface area (Å²) in [4.78, 5) is 34.1. The number of rotatable bonds is 12. The molecule has 6 aromatic carbocycles. The molecular weight excluding hydrogens is 642 g/mol. The molecule has 0 saturated heterocycles. The van der Waals surface area contributed by atoms with Gasteiger partial charge in [-0.2, -0.15) is 0 Å². The molecule has 12 nitrogen and oxygen atoms in total. The molecular formula is C38H27N3O9. The van der Waals surface area contributed by atoms with Gasteiger partial charge in [0.2, 0.25) is 17.2 Å². The monoisotopic (exact) mass is 669 g/mol. The molecule has 0 aliphatic heterocycles. The van der Waals surface area contributed by atoms with E-state index in [1.807, 2.05) is 6.92 Å². The predicted molar refractivity (Wildman–Crippen MR) is 184 cm³/mol. The number of benzene rings is 6. The average molecular weight is 670 g/mol. The van der Waals surface area contributed by atoms with Gasteiger partial charge in [-0.25, -0.2) is 0 Å². The van der Waals surface area contributed by atoms with Crippen LogP contribution in [0.1, 0.15) is 23.6 Å². The molecule has 0 aliphatic carbocycles. The van der Waals surface area contributed by atoms with Gasteiger partial charge in [0.25, 0.3) is 0 Å². The fourth-order valence-electron chi connectivity index (χ4n) is 5.78. The Bertz CT molecular complexity index is 1990. The van der Waals surface area contributed by atoms with Crippen LogP contribution in [0.4, 0.5) is 17.1 Å². The number of ether oxygens (including phenoxy) is 3. The number of nitrogens with zero attached hydrogens (tertiary/aromatic N) is 3. The highest BCUT2D eigenvalue weighted by atomic mass is 16.6. The molecule has 0 amide bonds. The van der Waals surface area contributed by atoms with Crippen molar-refractivity contribution in [3.63, 3.8) is 0 Å². The number of para-hydroxylation sites is 9. The minimum absolute atomic E-state index is 0.00110. The zero-order valence-electron chi connectivity index (χ0n) is 26.4. The van der Waals surface area contributed by atoms with E-state index in [4.69, 9.17) is 14.2 Å². The van der Waals surface area contributed by atoms with Crippen molar-refractivity contribution in [3.05, 3.63) is 193 Å². The summed E-state index contributed by atoms with van der Waals surface area (Å²) in [5.41, 5.74) is -0.501. The van der Waals surface area contributed by atoms with Crippen LogP contribution < -0.4 is 14.2 Å². The third-order valence-electron chi connectivity index (χ3n) is 8.12. The molecule has 248 valence electrons. The maximum Gasteiger partial charge on any atom is 0.311 e. The van der Waals surface area contributed by atoms with Crippen molar-refractivity contribution < 1.29 is 29.0 Å². The van der Waals surface area contributed by atoms with Crippen molar-refractivity contribution in [1.29, 1.82) is 0 Å². The van der Waals surface area contributed by atoms with E-state index in [2.05, 4.69) is 0 Å². The highest BCUT2D eigenvalue weighted by Crippen LogP contribution is 2.51. The van der Waals surface area contributed by atoms with Gasteiger partial charge in [0.15, 0.2) is 0 Å². The standard InChI is InChI=1S/C38H27N3O9/c1-38(26-14-2-8-20-32(26)48-35-23-11-5-17-29(35)39(42)43,27-15-3-9-21-33(27)49-36-24-12-6-18-30(36)40(44)45)28-16-4-10-22-34(28)50-37-25-13-7-19-31(37)41(46)47/h2-25H,1H3. The van der Waals surface area contributed by atoms with E-state index in [1.165, 1.54) is 54.6 Å². The molecule has 0 saturated carbocycles. The molecule has 6 aromatic rings. The summed E-state index contributed by atoms with van der Waals surface area (Å²) in [5, 5.41) is 35.8. The maximum absolute atomic E-state index is 11.9. The van der Waals surface area contributed by atoms with Gasteiger partial charge in [-0.3, -0.25) is 30.3 Å². The van der Waals surface area contributed by atoms with E-state index in [1.54, 1.807) is 91.0 Å². The Labute approximate surface area is 285 Å². The highest BCUT2D eigenvalue weighted by Gasteiger charge is 2.40. The molecule has 0 radical (unpaired) electrons. The smallest absolute Gasteiger partial charge is 0.311 e. The van der Waals surface area contributed by atoms with Crippen LogP contribution in [-0.4, -0.2) is 14.8 Å². The predicted octanol–water partition coefficient (Wildman–Crippen LogP) is 10.1. The zero-order chi connectivity index (χ0) is 35.3. The number of hydrogen-bond donors (Lipinski definition) is 0. The lowest BCUT2D eigenvalue weighted by atomic mass is 9.70. The van der Waals surface area contributed by atoms with Gasteiger partial charge in [0.05, 0.1) is 20.2 Å². The van der Waals surface area contributed by atoms with Crippen molar-refractivity contribution in [2.24, 2.45) is 0 Å². The van der Waals surface area contributed by atoms with Gasteiger partial charge in [-0.05, 0) is 43.3 Å². The summed E-state index contributed by atoms with van der Waals surface area (Å²) in [6.07, 6.45) is 0. The lowest BCUT2D eigenvalue weighted by Gasteiger charge is -2.35. The average Bonchev–Trinajstić information content (AvgIpc) is 3.12. The maximum atomic E-state index is 11.9. The summed E-state index contributed by atoms with van der Waals surface area (Å²) in [6, 6.07) is 38.8. The minimum atomic E-state index is -1.29. The first-order valence-electron chi connectivity index (χ1n) is 15.2. The molecule has 0 aliphatic rings. The first-order chi connectivity index (χ1) is 24.2. The molecule has 0 N–H and O–H groups in total. The van der Waals surface area contributed by atoms with Crippen LogP contribution >= 0.6 is 0 Å². The van der Waals surface area contributed by atoms with Crippen molar-refractivity contribution in [2.45, 2.75) is 12.3 Å². The molecule has 0 bridgehead atoms. The Kier molecular flexibility index (Phi) is 9.17. The van der Waals surface area contributed by atoms with Crippen LogP contribution in [0.5, 0.6) is 34.5 Å². The van der Waals surface area contributed by atoms with E-state index in [0.29, 0.717) is 16.7 Å². The molecule has 0 unspecified atom stereocenters. The lowest BCUT2D eigenvalue weighted by Crippen LogP contribution is -2.27. The Balaban J connectivity index is 1.61. The van der Waals surface area contributed by atoms with Crippen LogP contribution in [0.15, 0.2) is 146 Å². The SMILES string of the molecule is CC(c1ccccc1Oc1ccccc1[N+](=O)[O-])(c1ccccc1Oc1ccccc1[N+](=O)[O-])c1ccccc1Oc1ccccc1[N+](=O)[O-]. The molecule has 12 heteroatoms. The van der Waals surface area contributed by atoms with E-state index in [0.717, 1.165) is 0 Å². The van der Waals surface area contributed by atoms with Crippen LogP contribution in [-0.2, 0) is 5.41 Å². The second-order valence-electron chi connectivity index (χ2n) is 11.1. The Morgan fingerprint density at radius 1 is 0.380 bits per heavy atom. The van der Waals surface area contributed by atoms with Gasteiger partial charge >= 0.3 is 17.1 Å². The molecule has 0 heterocycles. The normalized spacial score (nSPS) is 11.0. The first kappa shape index (κ1) is 32.8. The molecule has 0 aromatic heterocycles. The second-order valence-corrected chi connectivity index (χ2v) is 11.1. The minimum Gasteiger partial charge on any atom is -0.450 e. The highest BCUT2D eigenvalue weighted by molar-refractivity contribution is 5.64. The van der Waals surface area contributed by atoms with Crippen LogP contribution in [0, 0.1) is 30.3 Å². The van der Waals surface area contributed by atoms with Gasteiger partial charge < -0.3 is 14.2 Å². The summed E-state index contributed by atoms with van der Waals surface area (Å²) in [6.45, 7) is 1.86. The zero-order valence-corrected chi connectivity index (χ0v) is 26.4. The molecule has 0 fully saturated rings. The van der Waals surface area contributed by atoms with Crippen molar-refractivity contribution in [1.82, 2.24) is 0 Å². The van der Waals surface area contributed by atoms with Gasteiger partial charge in [-0.1, -0.05) is 91.0 Å². The lowest BCUT2D eigenvalue weighted by molar-refractivity contribution is -0.385. The van der Waals surface area contributed by atoms with Crippen molar-refractivity contribution in [2.75, 3.05) is 0 Å². The summed E-state index contributed by atoms with van der Waals surface area (Å²) in [5.74, 6) is 0.768. The summed E-state index contributed by atoms with van der Waals surface area (Å²) in [7, 11) is 0. The van der Waals surface area contributed by atoms with Crippen LogP contribution in [0.25, 0.3) is 0 Å². The largest absolute Gasteiger partial charge is 0.450 e.